The fourth-order valence-electron chi connectivity index (χ4n) is 2.33. The van der Waals surface area contributed by atoms with Gasteiger partial charge in [-0.05, 0) is 37.1 Å². The summed E-state index contributed by atoms with van der Waals surface area (Å²) < 4.78 is 15.0. The van der Waals surface area contributed by atoms with E-state index in [1.165, 1.54) is 24.3 Å². The molecule has 0 aromatic carbocycles. The van der Waals surface area contributed by atoms with Gasteiger partial charge in [0, 0.05) is 10.4 Å². The molecule has 0 saturated heterocycles. The number of ether oxygens (including phenoxy) is 2. The maximum Gasteiger partial charge on any atom is 0.374 e. The zero-order valence-corrected chi connectivity index (χ0v) is 14.2. The van der Waals surface area contributed by atoms with Crippen LogP contribution in [0.1, 0.15) is 38.4 Å². The molecule has 6 nitrogen and oxygen atoms in total. The first-order chi connectivity index (χ1) is 11.5. The second-order valence-electron chi connectivity index (χ2n) is 5.10. The summed E-state index contributed by atoms with van der Waals surface area (Å²) in [6.45, 7) is 4.09. The molecule has 0 bridgehead atoms. The van der Waals surface area contributed by atoms with Crippen molar-refractivity contribution in [3.63, 3.8) is 0 Å². The first-order valence-electron chi connectivity index (χ1n) is 7.31. The number of furan rings is 1. The molecule has 1 aliphatic rings. The predicted molar refractivity (Wildman–Crippen MR) is 89.1 cm³/mol. The Balaban J connectivity index is 1.94. The van der Waals surface area contributed by atoms with Gasteiger partial charge >= 0.3 is 11.9 Å². The number of aliphatic imine (C=N–C) groups is 1. The molecule has 3 heterocycles. The Hall–Kier alpha value is -2.67. The Morgan fingerprint density at radius 3 is 2.92 bits per heavy atom. The maximum absolute atomic E-state index is 12.0. The van der Waals surface area contributed by atoms with Gasteiger partial charge < -0.3 is 13.9 Å². The number of methoxy groups -OCH3 is 1. The van der Waals surface area contributed by atoms with Crippen molar-refractivity contribution in [3.8, 4) is 0 Å². The van der Waals surface area contributed by atoms with Crippen molar-refractivity contribution in [2.24, 2.45) is 4.99 Å². The number of nitrogens with zero attached hydrogens (tertiary/aromatic N) is 1. The highest BCUT2D eigenvalue weighted by Crippen LogP contribution is 2.27. The topological polar surface area (TPSA) is 78.1 Å². The third-order valence-corrected chi connectivity index (χ3v) is 4.90. The van der Waals surface area contributed by atoms with Crippen molar-refractivity contribution in [1.29, 1.82) is 0 Å². The summed E-state index contributed by atoms with van der Waals surface area (Å²) in [5, 5.41) is 0. The second kappa shape index (κ2) is 6.45. The van der Waals surface area contributed by atoms with Crippen LogP contribution in [-0.4, -0.2) is 24.9 Å². The van der Waals surface area contributed by atoms with Crippen LogP contribution >= 0.6 is 11.3 Å². The van der Waals surface area contributed by atoms with Gasteiger partial charge in [0.15, 0.2) is 5.70 Å². The lowest BCUT2D eigenvalue weighted by Crippen LogP contribution is -2.04. The highest BCUT2D eigenvalue weighted by Gasteiger charge is 2.27. The minimum absolute atomic E-state index is 0.0155. The molecule has 0 atom stereocenters. The summed E-state index contributed by atoms with van der Waals surface area (Å²) in [5.74, 6) is -0.890. The van der Waals surface area contributed by atoms with Crippen LogP contribution in [0.25, 0.3) is 6.08 Å². The zero-order valence-electron chi connectivity index (χ0n) is 13.4. The first kappa shape index (κ1) is 16.2. The van der Waals surface area contributed by atoms with E-state index >= 15 is 0 Å². The van der Waals surface area contributed by atoms with Crippen molar-refractivity contribution >= 4 is 35.2 Å². The first-order valence-corrected chi connectivity index (χ1v) is 8.13. The van der Waals surface area contributed by atoms with E-state index in [1.807, 2.05) is 13.0 Å². The van der Waals surface area contributed by atoms with E-state index in [0.29, 0.717) is 5.56 Å². The molecular formula is C17H15NO5S. The second-order valence-corrected chi connectivity index (χ2v) is 6.24. The summed E-state index contributed by atoms with van der Waals surface area (Å²) >= 11 is 1.55. The van der Waals surface area contributed by atoms with Gasteiger partial charge in [0.05, 0.1) is 18.3 Å². The fourth-order valence-corrected chi connectivity index (χ4v) is 3.37. The smallest absolute Gasteiger partial charge is 0.374 e. The van der Waals surface area contributed by atoms with Crippen molar-refractivity contribution in [1.82, 2.24) is 0 Å². The number of esters is 2. The van der Waals surface area contributed by atoms with Crippen LogP contribution in [0.2, 0.25) is 0 Å². The summed E-state index contributed by atoms with van der Waals surface area (Å²) in [6.07, 6.45) is 3.71. The molecular weight excluding hydrogens is 330 g/mol. The van der Waals surface area contributed by atoms with Gasteiger partial charge in [0.2, 0.25) is 11.7 Å². The maximum atomic E-state index is 12.0. The monoisotopic (exact) mass is 345 g/mol. The Morgan fingerprint density at radius 2 is 2.25 bits per heavy atom. The Morgan fingerprint density at radius 1 is 1.46 bits per heavy atom. The molecule has 124 valence electrons. The third kappa shape index (κ3) is 2.90. The molecule has 2 aromatic heterocycles. The molecule has 0 saturated carbocycles. The number of carbonyl (C=O) groups is 2. The van der Waals surface area contributed by atoms with Crippen LogP contribution in [0.15, 0.2) is 33.5 Å². The number of thiophene rings is 1. The third-order valence-electron chi connectivity index (χ3n) is 3.53. The molecule has 1 aliphatic heterocycles. The van der Waals surface area contributed by atoms with Gasteiger partial charge in [-0.3, -0.25) is 0 Å². The molecule has 0 radical (unpaired) electrons. The van der Waals surface area contributed by atoms with E-state index in [1.54, 1.807) is 17.4 Å². The van der Waals surface area contributed by atoms with Crippen LogP contribution in [0.4, 0.5) is 0 Å². The zero-order chi connectivity index (χ0) is 17.3. The number of aryl methyl sites for hydroxylation is 2. The van der Waals surface area contributed by atoms with Crippen molar-refractivity contribution in [2.75, 3.05) is 7.11 Å². The van der Waals surface area contributed by atoms with Gasteiger partial charge in [-0.2, -0.15) is 0 Å². The van der Waals surface area contributed by atoms with Gasteiger partial charge in [0.1, 0.15) is 0 Å². The van der Waals surface area contributed by atoms with Crippen molar-refractivity contribution in [2.45, 2.75) is 20.3 Å². The van der Waals surface area contributed by atoms with E-state index in [-0.39, 0.29) is 17.4 Å². The fraction of sp³-hybridized carbons (Fsp3) is 0.235. The van der Waals surface area contributed by atoms with E-state index < -0.39 is 11.9 Å². The van der Waals surface area contributed by atoms with E-state index in [9.17, 15) is 9.59 Å². The van der Waals surface area contributed by atoms with E-state index in [0.717, 1.165) is 16.9 Å². The molecule has 7 heteroatoms. The molecule has 24 heavy (non-hydrogen) atoms. The largest absolute Gasteiger partial charge is 0.463 e. The van der Waals surface area contributed by atoms with E-state index in [2.05, 4.69) is 16.7 Å². The lowest BCUT2D eigenvalue weighted by atomic mass is 10.2. The number of cyclic esters (lactones) is 1. The molecule has 0 spiro atoms. The van der Waals surface area contributed by atoms with Gasteiger partial charge in [-0.15, -0.1) is 11.3 Å². The van der Waals surface area contributed by atoms with Crippen molar-refractivity contribution in [3.05, 3.63) is 50.7 Å². The minimum Gasteiger partial charge on any atom is -0.463 e. The lowest BCUT2D eigenvalue weighted by molar-refractivity contribution is -0.129. The van der Waals surface area contributed by atoms with Gasteiger partial charge in [-0.1, -0.05) is 6.92 Å². The number of rotatable bonds is 4. The average Bonchev–Trinajstić information content (AvgIpc) is 3.26. The van der Waals surface area contributed by atoms with Crippen LogP contribution < -0.4 is 0 Å². The summed E-state index contributed by atoms with van der Waals surface area (Å²) in [5.41, 5.74) is 1.67. The van der Waals surface area contributed by atoms with Crippen LogP contribution in [-0.2, 0) is 20.7 Å². The molecule has 0 aliphatic carbocycles. The summed E-state index contributed by atoms with van der Waals surface area (Å²) in [6, 6.07) is 3.51. The Labute approximate surface area is 142 Å². The number of carbonyl (C=O) groups excluding carboxylic acids is 2. The average molecular weight is 345 g/mol. The SMILES string of the molecule is CCc1sc(C2=N/C(=C\c3ccoc3C(=O)OC)C(=O)O2)cc1C. The number of hydrogen-bond acceptors (Lipinski definition) is 7. The standard InChI is InChI=1S/C17H15NO5S/c1-4-12-9(2)7-13(24-12)15-18-11(16(19)23-15)8-10-5-6-22-14(10)17(20)21-3/h5-8H,4H2,1-3H3/b11-8-. The normalized spacial score (nSPS) is 15.5. The Kier molecular flexibility index (Phi) is 4.35. The van der Waals surface area contributed by atoms with Crippen LogP contribution in [0, 0.1) is 6.92 Å². The molecule has 0 N–H and O–H groups in total. The highest BCUT2D eigenvalue weighted by molar-refractivity contribution is 7.14. The quantitative estimate of drug-likeness (QED) is 0.627. The van der Waals surface area contributed by atoms with Crippen molar-refractivity contribution < 1.29 is 23.5 Å². The molecule has 0 amide bonds. The molecule has 3 rings (SSSR count). The van der Waals surface area contributed by atoms with Crippen LogP contribution in [0.5, 0.6) is 0 Å². The molecule has 0 unspecified atom stereocenters. The number of hydrogen-bond donors (Lipinski definition) is 0. The highest BCUT2D eigenvalue weighted by atomic mass is 32.1. The molecule has 2 aromatic rings. The minimum atomic E-state index is -0.621. The summed E-state index contributed by atoms with van der Waals surface area (Å²) in [7, 11) is 1.26. The van der Waals surface area contributed by atoms with Crippen LogP contribution in [0.3, 0.4) is 0 Å². The Bertz CT molecular complexity index is 871. The lowest BCUT2D eigenvalue weighted by Gasteiger charge is -1.96. The predicted octanol–water partition coefficient (Wildman–Crippen LogP) is 3.34. The van der Waals surface area contributed by atoms with E-state index in [4.69, 9.17) is 9.15 Å². The summed E-state index contributed by atoms with van der Waals surface area (Å²) in [4.78, 5) is 29.9. The van der Waals surface area contributed by atoms with Gasteiger partial charge in [-0.25, -0.2) is 14.6 Å². The van der Waals surface area contributed by atoms with Gasteiger partial charge in [0.25, 0.3) is 0 Å². The molecule has 0 fully saturated rings.